The van der Waals surface area contributed by atoms with Gasteiger partial charge >= 0.3 is 13.8 Å². The number of aromatic nitrogens is 2. The highest BCUT2D eigenvalue weighted by Crippen LogP contribution is 2.48. The highest BCUT2D eigenvalue weighted by molar-refractivity contribution is 7.48. The molecular weight excluding hydrogens is 267 g/mol. The summed E-state index contributed by atoms with van der Waals surface area (Å²) >= 11 is 1.01. The average Bonchev–Trinajstić information content (AvgIpc) is 2.66. The standard InChI is InChI=1S/C8H15N2O5PS/c1-4-12-8-9-7(10-17-8)15-16(11,13-5-2)14-6-3/h4-6H2,1-3H3. The highest BCUT2D eigenvalue weighted by atomic mass is 32.1. The summed E-state index contributed by atoms with van der Waals surface area (Å²) in [6.07, 6.45) is 0. The Balaban J connectivity index is 2.68. The van der Waals surface area contributed by atoms with Crippen LogP contribution in [0.15, 0.2) is 0 Å². The van der Waals surface area contributed by atoms with Crippen LogP contribution in [0.3, 0.4) is 0 Å². The summed E-state index contributed by atoms with van der Waals surface area (Å²) in [5, 5.41) is 0.349. The van der Waals surface area contributed by atoms with Crippen molar-refractivity contribution in [3.8, 4) is 11.2 Å². The lowest BCUT2D eigenvalue weighted by atomic mass is 10.9. The van der Waals surface area contributed by atoms with E-state index in [0.717, 1.165) is 11.5 Å². The van der Waals surface area contributed by atoms with Crippen molar-refractivity contribution < 1.29 is 22.9 Å². The van der Waals surface area contributed by atoms with Crippen LogP contribution >= 0.6 is 19.4 Å². The lowest BCUT2D eigenvalue weighted by molar-refractivity contribution is 0.164. The van der Waals surface area contributed by atoms with Crippen molar-refractivity contribution in [2.24, 2.45) is 0 Å². The van der Waals surface area contributed by atoms with Crippen LogP contribution in [0.4, 0.5) is 0 Å². The number of hydrogen-bond acceptors (Lipinski definition) is 8. The first-order valence-electron chi connectivity index (χ1n) is 5.18. The molecule has 1 aromatic heterocycles. The molecule has 0 aliphatic heterocycles. The van der Waals surface area contributed by atoms with E-state index in [9.17, 15) is 4.57 Å². The largest absolute Gasteiger partial charge is 0.532 e. The van der Waals surface area contributed by atoms with Gasteiger partial charge in [0.15, 0.2) is 0 Å². The smallest absolute Gasteiger partial charge is 0.469 e. The molecule has 0 saturated carbocycles. The number of hydrogen-bond donors (Lipinski definition) is 0. The Morgan fingerprint density at radius 1 is 1.18 bits per heavy atom. The second-order valence-corrected chi connectivity index (χ2v) is 4.96. The fraction of sp³-hybridized carbons (Fsp3) is 0.750. The number of nitrogens with zero attached hydrogens (tertiary/aromatic N) is 2. The van der Waals surface area contributed by atoms with E-state index in [1.807, 2.05) is 6.92 Å². The van der Waals surface area contributed by atoms with E-state index >= 15 is 0 Å². The predicted octanol–water partition coefficient (Wildman–Crippen LogP) is 2.50. The lowest BCUT2D eigenvalue weighted by Gasteiger charge is -2.14. The fourth-order valence-corrected chi connectivity index (χ4v) is 2.60. The van der Waals surface area contributed by atoms with Gasteiger partial charge in [0, 0.05) is 11.5 Å². The van der Waals surface area contributed by atoms with Gasteiger partial charge in [-0.15, -0.1) is 9.36 Å². The average molecular weight is 282 g/mol. The zero-order valence-corrected chi connectivity index (χ0v) is 11.6. The maximum Gasteiger partial charge on any atom is 0.532 e. The van der Waals surface area contributed by atoms with Gasteiger partial charge in [-0.05, 0) is 20.8 Å². The second kappa shape index (κ2) is 6.90. The SMILES string of the molecule is CCOc1nc(OP(=O)(OCC)OCC)ns1. The molecule has 0 saturated heterocycles. The van der Waals surface area contributed by atoms with Crippen LogP contribution in [-0.4, -0.2) is 29.2 Å². The van der Waals surface area contributed by atoms with Crippen molar-refractivity contribution in [1.29, 1.82) is 0 Å². The molecule has 0 N–H and O–H groups in total. The van der Waals surface area contributed by atoms with Crippen molar-refractivity contribution in [2.45, 2.75) is 20.8 Å². The fourth-order valence-electron chi connectivity index (χ4n) is 0.922. The van der Waals surface area contributed by atoms with E-state index in [4.69, 9.17) is 18.3 Å². The van der Waals surface area contributed by atoms with Crippen LogP contribution in [0.1, 0.15) is 20.8 Å². The van der Waals surface area contributed by atoms with Crippen molar-refractivity contribution in [3.63, 3.8) is 0 Å². The molecule has 0 aliphatic carbocycles. The molecule has 0 bridgehead atoms. The van der Waals surface area contributed by atoms with Gasteiger partial charge in [0.05, 0.1) is 19.8 Å². The molecule has 1 rings (SSSR count). The molecule has 7 nitrogen and oxygen atoms in total. The molecule has 0 atom stereocenters. The molecule has 9 heteroatoms. The van der Waals surface area contributed by atoms with Gasteiger partial charge in [0.1, 0.15) is 0 Å². The van der Waals surface area contributed by atoms with Crippen molar-refractivity contribution in [1.82, 2.24) is 9.36 Å². The van der Waals surface area contributed by atoms with Crippen LogP contribution in [0.2, 0.25) is 0 Å². The molecule has 1 aromatic rings. The van der Waals surface area contributed by atoms with Gasteiger partial charge in [-0.2, -0.15) is 0 Å². The Bertz CT molecular complexity index is 376. The van der Waals surface area contributed by atoms with E-state index in [1.54, 1.807) is 13.8 Å². The molecule has 0 spiro atoms. The molecule has 0 aliphatic rings. The van der Waals surface area contributed by atoms with E-state index in [1.165, 1.54) is 0 Å². The Kier molecular flexibility index (Phi) is 5.84. The summed E-state index contributed by atoms with van der Waals surface area (Å²) in [7, 11) is -3.62. The Morgan fingerprint density at radius 2 is 1.82 bits per heavy atom. The molecule has 0 aromatic carbocycles. The first kappa shape index (κ1) is 14.4. The minimum absolute atomic E-state index is 0.0660. The summed E-state index contributed by atoms with van der Waals surface area (Å²) < 4.78 is 35.8. The monoisotopic (exact) mass is 282 g/mol. The zero-order valence-electron chi connectivity index (χ0n) is 9.91. The Morgan fingerprint density at radius 3 is 2.35 bits per heavy atom. The molecular formula is C8H15N2O5PS. The molecule has 0 unspecified atom stereocenters. The Hall–Kier alpha value is -0.690. The zero-order chi connectivity index (χ0) is 12.7. The van der Waals surface area contributed by atoms with Crippen LogP contribution < -0.4 is 9.26 Å². The Labute approximate surface area is 104 Å². The van der Waals surface area contributed by atoms with Crippen LogP contribution in [-0.2, 0) is 13.6 Å². The van der Waals surface area contributed by atoms with Gasteiger partial charge < -0.3 is 9.26 Å². The van der Waals surface area contributed by atoms with Gasteiger partial charge in [0.25, 0.3) is 5.19 Å². The van der Waals surface area contributed by atoms with Crippen molar-refractivity contribution in [3.05, 3.63) is 0 Å². The van der Waals surface area contributed by atoms with Gasteiger partial charge in [0.2, 0.25) is 0 Å². The molecule has 98 valence electrons. The number of ether oxygens (including phenoxy) is 1. The third-order valence-corrected chi connectivity index (χ3v) is 3.57. The summed E-state index contributed by atoms with van der Waals surface area (Å²) in [6.45, 7) is 6.10. The summed E-state index contributed by atoms with van der Waals surface area (Å²) in [5.74, 6) is 0. The van der Waals surface area contributed by atoms with Gasteiger partial charge in [-0.1, -0.05) is 0 Å². The maximum absolute atomic E-state index is 12.0. The van der Waals surface area contributed by atoms with Crippen molar-refractivity contribution in [2.75, 3.05) is 19.8 Å². The van der Waals surface area contributed by atoms with Crippen LogP contribution in [0.5, 0.6) is 11.2 Å². The van der Waals surface area contributed by atoms with E-state index in [0.29, 0.717) is 11.8 Å². The van der Waals surface area contributed by atoms with E-state index in [-0.39, 0.29) is 19.2 Å². The summed E-state index contributed by atoms with van der Waals surface area (Å²) in [4.78, 5) is 3.88. The number of rotatable bonds is 8. The first-order chi connectivity index (χ1) is 8.13. The minimum Gasteiger partial charge on any atom is -0.469 e. The molecule has 1 heterocycles. The van der Waals surface area contributed by atoms with E-state index in [2.05, 4.69) is 9.36 Å². The molecule has 0 amide bonds. The van der Waals surface area contributed by atoms with Gasteiger partial charge in [-0.25, -0.2) is 4.57 Å². The van der Waals surface area contributed by atoms with Crippen LogP contribution in [0, 0.1) is 0 Å². The summed E-state index contributed by atoms with van der Waals surface area (Å²) in [5.41, 5.74) is 0. The third kappa shape index (κ3) is 4.59. The maximum atomic E-state index is 12.0. The quantitative estimate of drug-likeness (QED) is 0.677. The van der Waals surface area contributed by atoms with Crippen molar-refractivity contribution >= 4 is 19.4 Å². The van der Waals surface area contributed by atoms with Gasteiger partial charge in [-0.3, -0.25) is 9.05 Å². The third-order valence-electron chi connectivity index (χ3n) is 1.42. The summed E-state index contributed by atoms with van der Waals surface area (Å²) in [6, 6.07) is -0.0660. The predicted molar refractivity (Wildman–Crippen MR) is 62.6 cm³/mol. The number of phosphoric acid groups is 1. The second-order valence-electron chi connectivity index (χ2n) is 2.65. The normalized spacial score (nSPS) is 11.5. The molecule has 0 radical (unpaired) electrons. The minimum atomic E-state index is -3.62. The molecule has 17 heavy (non-hydrogen) atoms. The number of phosphoric ester groups is 1. The molecule has 0 fully saturated rings. The first-order valence-corrected chi connectivity index (χ1v) is 7.42. The topological polar surface area (TPSA) is 79.8 Å². The van der Waals surface area contributed by atoms with E-state index < -0.39 is 7.82 Å². The van der Waals surface area contributed by atoms with Crippen LogP contribution in [0.25, 0.3) is 0 Å². The lowest BCUT2D eigenvalue weighted by Crippen LogP contribution is -2.03. The highest BCUT2D eigenvalue weighted by Gasteiger charge is 2.29.